The fourth-order valence-corrected chi connectivity index (χ4v) is 3.55. The smallest absolute Gasteiger partial charge is 0.245 e. The maximum atomic E-state index is 12.5. The van der Waals surface area contributed by atoms with Crippen LogP contribution in [0, 0.1) is 6.92 Å². The SMILES string of the molecule is CCN(CCOC)S(=O)(=O)c1c(C)cccc1N. The number of nitrogen functional groups attached to an aromatic ring is 1. The van der Waals surface area contributed by atoms with Crippen LogP contribution in [0.3, 0.4) is 0 Å². The summed E-state index contributed by atoms with van der Waals surface area (Å²) in [5, 5.41) is 0. The number of ether oxygens (including phenoxy) is 1. The molecule has 0 aliphatic carbocycles. The molecule has 0 heterocycles. The van der Waals surface area contributed by atoms with Crippen LogP contribution >= 0.6 is 0 Å². The van der Waals surface area contributed by atoms with Crippen LogP contribution in [0.4, 0.5) is 5.69 Å². The zero-order chi connectivity index (χ0) is 13.8. The van der Waals surface area contributed by atoms with Gasteiger partial charge in [0.05, 0.1) is 12.3 Å². The molecule has 0 unspecified atom stereocenters. The van der Waals surface area contributed by atoms with E-state index in [-0.39, 0.29) is 10.6 Å². The Labute approximate surface area is 109 Å². The number of aryl methyl sites for hydroxylation is 1. The fourth-order valence-electron chi connectivity index (χ4n) is 1.80. The number of likely N-dealkylation sites (N-methyl/N-ethyl adjacent to an activating group) is 1. The third-order valence-electron chi connectivity index (χ3n) is 2.74. The topological polar surface area (TPSA) is 72.6 Å². The number of anilines is 1. The largest absolute Gasteiger partial charge is 0.398 e. The van der Waals surface area contributed by atoms with Crippen molar-refractivity contribution in [2.45, 2.75) is 18.7 Å². The van der Waals surface area contributed by atoms with E-state index >= 15 is 0 Å². The molecule has 0 spiro atoms. The summed E-state index contributed by atoms with van der Waals surface area (Å²) in [4.78, 5) is 0.197. The minimum Gasteiger partial charge on any atom is -0.398 e. The Balaban J connectivity index is 3.19. The first-order chi connectivity index (χ1) is 8.45. The molecule has 1 aromatic rings. The van der Waals surface area contributed by atoms with Gasteiger partial charge in [-0.3, -0.25) is 0 Å². The highest BCUT2D eigenvalue weighted by Crippen LogP contribution is 2.25. The van der Waals surface area contributed by atoms with Gasteiger partial charge in [-0.25, -0.2) is 8.42 Å². The molecule has 0 aliphatic heterocycles. The molecule has 0 amide bonds. The highest BCUT2D eigenvalue weighted by atomic mass is 32.2. The number of sulfonamides is 1. The number of hydrogen-bond acceptors (Lipinski definition) is 4. The Kier molecular flexibility index (Phi) is 5.13. The molecule has 0 aromatic heterocycles. The second-order valence-corrected chi connectivity index (χ2v) is 5.86. The van der Waals surface area contributed by atoms with Gasteiger partial charge in [0.1, 0.15) is 4.90 Å². The number of nitrogens with zero attached hydrogens (tertiary/aromatic N) is 1. The van der Waals surface area contributed by atoms with E-state index < -0.39 is 10.0 Å². The molecule has 1 aromatic carbocycles. The highest BCUT2D eigenvalue weighted by Gasteiger charge is 2.26. The van der Waals surface area contributed by atoms with Gasteiger partial charge in [-0.1, -0.05) is 19.1 Å². The number of rotatable bonds is 6. The van der Waals surface area contributed by atoms with Crippen LogP contribution in [0.1, 0.15) is 12.5 Å². The van der Waals surface area contributed by atoms with Gasteiger partial charge in [-0.15, -0.1) is 0 Å². The lowest BCUT2D eigenvalue weighted by Gasteiger charge is -2.22. The van der Waals surface area contributed by atoms with Crippen molar-refractivity contribution in [2.24, 2.45) is 0 Å². The van der Waals surface area contributed by atoms with E-state index in [1.54, 1.807) is 39.2 Å². The van der Waals surface area contributed by atoms with E-state index in [0.717, 1.165) is 0 Å². The van der Waals surface area contributed by atoms with E-state index in [2.05, 4.69) is 0 Å². The third kappa shape index (κ3) is 3.01. The van der Waals surface area contributed by atoms with Gasteiger partial charge in [-0.05, 0) is 18.6 Å². The van der Waals surface area contributed by atoms with Crippen molar-refractivity contribution >= 4 is 15.7 Å². The molecule has 18 heavy (non-hydrogen) atoms. The standard InChI is InChI=1S/C12H20N2O3S/c1-4-14(8-9-17-3)18(15,16)12-10(2)6-5-7-11(12)13/h5-7H,4,8-9,13H2,1-3H3. The van der Waals surface area contributed by atoms with Crippen molar-refractivity contribution < 1.29 is 13.2 Å². The highest BCUT2D eigenvalue weighted by molar-refractivity contribution is 7.89. The van der Waals surface area contributed by atoms with Gasteiger partial charge in [0.15, 0.2) is 0 Å². The number of methoxy groups -OCH3 is 1. The van der Waals surface area contributed by atoms with Crippen LogP contribution in [0.25, 0.3) is 0 Å². The molecule has 0 aliphatic rings. The monoisotopic (exact) mass is 272 g/mol. The summed E-state index contributed by atoms with van der Waals surface area (Å²) in [5.74, 6) is 0. The summed E-state index contributed by atoms with van der Waals surface area (Å²) in [6.45, 7) is 4.61. The average molecular weight is 272 g/mol. The summed E-state index contributed by atoms with van der Waals surface area (Å²) >= 11 is 0. The quantitative estimate of drug-likeness (QED) is 0.791. The van der Waals surface area contributed by atoms with Crippen molar-refractivity contribution in [3.05, 3.63) is 23.8 Å². The van der Waals surface area contributed by atoms with Crippen molar-refractivity contribution in [3.63, 3.8) is 0 Å². The first-order valence-corrected chi connectivity index (χ1v) is 7.23. The van der Waals surface area contributed by atoms with E-state index in [1.807, 2.05) is 0 Å². The zero-order valence-electron chi connectivity index (χ0n) is 11.0. The summed E-state index contributed by atoms with van der Waals surface area (Å²) in [7, 11) is -2.01. The average Bonchev–Trinajstić information content (AvgIpc) is 2.29. The predicted molar refractivity (Wildman–Crippen MR) is 71.9 cm³/mol. The molecule has 0 fully saturated rings. The maximum Gasteiger partial charge on any atom is 0.245 e. The first-order valence-electron chi connectivity index (χ1n) is 5.79. The molecule has 0 saturated carbocycles. The van der Waals surface area contributed by atoms with Crippen LogP contribution in [0.2, 0.25) is 0 Å². The normalized spacial score (nSPS) is 12.0. The summed E-state index contributed by atoms with van der Waals surface area (Å²) in [5.41, 5.74) is 6.73. The van der Waals surface area contributed by atoms with Gasteiger partial charge >= 0.3 is 0 Å². The molecule has 1 rings (SSSR count). The van der Waals surface area contributed by atoms with Crippen LogP contribution < -0.4 is 5.73 Å². The molecule has 6 heteroatoms. The Morgan fingerprint density at radius 2 is 2.06 bits per heavy atom. The minimum absolute atomic E-state index is 0.197. The van der Waals surface area contributed by atoms with Crippen LogP contribution in [0.15, 0.2) is 23.1 Å². The van der Waals surface area contributed by atoms with E-state index in [1.165, 1.54) is 4.31 Å². The summed E-state index contributed by atoms with van der Waals surface area (Å²) < 4.78 is 31.3. The Hall–Kier alpha value is -1.11. The zero-order valence-corrected chi connectivity index (χ0v) is 11.8. The molecule has 5 nitrogen and oxygen atoms in total. The first kappa shape index (κ1) is 14.9. The molecule has 0 radical (unpaired) electrons. The Morgan fingerprint density at radius 1 is 1.39 bits per heavy atom. The van der Waals surface area contributed by atoms with Gasteiger partial charge in [0, 0.05) is 20.2 Å². The fraction of sp³-hybridized carbons (Fsp3) is 0.500. The predicted octanol–water partition coefficient (Wildman–Crippen LogP) is 1.23. The summed E-state index contributed by atoms with van der Waals surface area (Å²) in [6, 6.07) is 5.09. The van der Waals surface area contributed by atoms with Crippen molar-refractivity contribution in [2.75, 3.05) is 32.5 Å². The van der Waals surface area contributed by atoms with Crippen molar-refractivity contribution in [3.8, 4) is 0 Å². The van der Waals surface area contributed by atoms with Crippen molar-refractivity contribution in [1.29, 1.82) is 0 Å². The lowest BCUT2D eigenvalue weighted by Crippen LogP contribution is -2.34. The molecular formula is C12H20N2O3S. The van der Waals surface area contributed by atoms with E-state index in [4.69, 9.17) is 10.5 Å². The number of benzene rings is 1. The third-order valence-corrected chi connectivity index (χ3v) is 4.93. The molecule has 0 bridgehead atoms. The minimum atomic E-state index is -3.56. The van der Waals surface area contributed by atoms with Crippen molar-refractivity contribution in [1.82, 2.24) is 4.31 Å². The van der Waals surface area contributed by atoms with E-state index in [9.17, 15) is 8.42 Å². The maximum absolute atomic E-state index is 12.5. The van der Waals surface area contributed by atoms with Gasteiger partial charge < -0.3 is 10.5 Å². The molecular weight excluding hydrogens is 252 g/mol. The molecule has 2 N–H and O–H groups in total. The van der Waals surface area contributed by atoms with Gasteiger partial charge in [-0.2, -0.15) is 4.31 Å². The lowest BCUT2D eigenvalue weighted by atomic mass is 10.2. The molecule has 102 valence electrons. The van der Waals surface area contributed by atoms with Crippen LogP contribution in [-0.2, 0) is 14.8 Å². The second-order valence-electron chi connectivity index (χ2n) is 3.98. The summed E-state index contributed by atoms with van der Waals surface area (Å²) in [6.07, 6.45) is 0. The van der Waals surface area contributed by atoms with Gasteiger partial charge in [0.25, 0.3) is 0 Å². The Bertz CT molecular complexity index is 480. The molecule has 0 atom stereocenters. The van der Waals surface area contributed by atoms with E-state index in [0.29, 0.717) is 25.3 Å². The lowest BCUT2D eigenvalue weighted by molar-refractivity contribution is 0.180. The van der Waals surface area contributed by atoms with Crippen LogP contribution in [0.5, 0.6) is 0 Å². The van der Waals surface area contributed by atoms with Gasteiger partial charge in [0.2, 0.25) is 10.0 Å². The number of nitrogens with two attached hydrogens (primary N) is 1. The second kappa shape index (κ2) is 6.17. The van der Waals surface area contributed by atoms with Crippen LogP contribution in [-0.4, -0.2) is 39.5 Å². The Morgan fingerprint density at radius 3 is 2.56 bits per heavy atom. The molecule has 0 saturated heterocycles. The number of hydrogen-bond donors (Lipinski definition) is 1.